The van der Waals surface area contributed by atoms with E-state index in [-0.39, 0.29) is 6.09 Å². The van der Waals surface area contributed by atoms with Crippen molar-refractivity contribution in [3.05, 3.63) is 65.9 Å². The van der Waals surface area contributed by atoms with E-state index in [0.717, 1.165) is 16.5 Å². The van der Waals surface area contributed by atoms with Crippen LogP contribution < -0.4 is 4.74 Å². The first-order chi connectivity index (χ1) is 15.6. The summed E-state index contributed by atoms with van der Waals surface area (Å²) in [5.41, 5.74) is 2.59. The van der Waals surface area contributed by atoms with Crippen LogP contribution in [0.5, 0.6) is 5.75 Å². The highest BCUT2D eigenvalue weighted by Crippen LogP contribution is 2.32. The number of aromatic amines is 1. The van der Waals surface area contributed by atoms with E-state index in [9.17, 15) is 14.7 Å². The summed E-state index contributed by atoms with van der Waals surface area (Å²) in [5, 5.41) is 10.9. The number of rotatable bonds is 7. The van der Waals surface area contributed by atoms with E-state index >= 15 is 0 Å². The highest BCUT2D eigenvalue weighted by Gasteiger charge is 2.33. The molecule has 0 spiro atoms. The van der Waals surface area contributed by atoms with Crippen LogP contribution in [0.2, 0.25) is 0 Å². The highest BCUT2D eigenvalue weighted by atomic mass is 16.6. The number of piperazine rings is 1. The molecule has 2 N–H and O–H groups in total. The Bertz CT molecular complexity index is 1070. The van der Waals surface area contributed by atoms with Gasteiger partial charge in [0.2, 0.25) is 0 Å². The molecule has 1 aliphatic rings. The lowest BCUT2D eigenvalue weighted by molar-refractivity contribution is -0.144. The van der Waals surface area contributed by atoms with E-state index in [4.69, 9.17) is 9.47 Å². The van der Waals surface area contributed by atoms with Gasteiger partial charge in [0.25, 0.3) is 0 Å². The molecule has 8 heteroatoms. The number of carboxylic acid groups (broad SMARTS) is 1. The van der Waals surface area contributed by atoms with Gasteiger partial charge in [-0.1, -0.05) is 30.3 Å². The van der Waals surface area contributed by atoms with Crippen molar-refractivity contribution in [2.45, 2.75) is 19.6 Å². The Labute approximate surface area is 186 Å². The van der Waals surface area contributed by atoms with Crippen molar-refractivity contribution >= 4 is 23.0 Å². The van der Waals surface area contributed by atoms with Crippen molar-refractivity contribution in [2.75, 3.05) is 32.8 Å². The molecule has 1 fully saturated rings. The smallest absolute Gasteiger partial charge is 0.409 e. The van der Waals surface area contributed by atoms with E-state index < -0.39 is 12.0 Å². The average Bonchev–Trinajstić information content (AvgIpc) is 3.22. The van der Waals surface area contributed by atoms with Crippen molar-refractivity contribution in [1.82, 2.24) is 14.8 Å². The first-order valence-electron chi connectivity index (χ1n) is 10.7. The van der Waals surface area contributed by atoms with Gasteiger partial charge < -0.3 is 24.5 Å². The van der Waals surface area contributed by atoms with Crippen LogP contribution >= 0.6 is 0 Å². The van der Waals surface area contributed by atoms with Crippen LogP contribution in [0, 0.1) is 0 Å². The standard InChI is InChI=1S/C24H27N3O5/c1-2-31-24(30)27-12-10-26(11-13-27)22(23(28)29)20-15-25-21-9-8-18(14-19(20)21)32-16-17-6-4-3-5-7-17/h3-9,14-15,22,25H,2,10-13,16H2,1H3,(H,28,29)/t22-/m0/s1. The van der Waals surface area contributed by atoms with Gasteiger partial charge >= 0.3 is 12.1 Å². The Morgan fingerprint density at radius 2 is 1.84 bits per heavy atom. The lowest BCUT2D eigenvalue weighted by Gasteiger charge is -2.37. The predicted octanol–water partition coefficient (Wildman–Crippen LogP) is 3.65. The molecule has 0 unspecified atom stereocenters. The Morgan fingerprint density at radius 1 is 1.09 bits per heavy atom. The molecule has 0 saturated carbocycles. The number of carboxylic acids is 1. The zero-order valence-electron chi connectivity index (χ0n) is 18.0. The number of benzene rings is 2. The molecule has 4 rings (SSSR count). The maximum Gasteiger partial charge on any atom is 0.409 e. The molecule has 1 amide bonds. The number of carbonyl (C=O) groups is 2. The first kappa shape index (κ1) is 21.7. The fourth-order valence-electron chi connectivity index (χ4n) is 4.04. The molecule has 1 aliphatic heterocycles. The van der Waals surface area contributed by atoms with Gasteiger partial charge in [-0.2, -0.15) is 0 Å². The van der Waals surface area contributed by atoms with E-state index in [0.29, 0.717) is 50.7 Å². The molecule has 3 aromatic rings. The summed E-state index contributed by atoms with van der Waals surface area (Å²) in [4.78, 5) is 30.9. The SMILES string of the molecule is CCOC(=O)N1CCN([C@H](C(=O)O)c2c[nH]c3ccc(OCc4ccccc4)cc23)CC1. The molecule has 1 saturated heterocycles. The van der Waals surface area contributed by atoms with Crippen LogP contribution in [-0.4, -0.2) is 64.7 Å². The lowest BCUT2D eigenvalue weighted by atomic mass is 10.0. The quantitative estimate of drug-likeness (QED) is 0.586. The zero-order valence-corrected chi connectivity index (χ0v) is 18.0. The summed E-state index contributed by atoms with van der Waals surface area (Å²) in [6.07, 6.45) is 1.40. The molecule has 0 bridgehead atoms. The summed E-state index contributed by atoms with van der Waals surface area (Å²) in [6.45, 7) is 4.28. The van der Waals surface area contributed by atoms with Gasteiger partial charge in [-0.25, -0.2) is 4.79 Å². The number of fused-ring (bicyclic) bond motifs is 1. The number of aromatic nitrogens is 1. The summed E-state index contributed by atoms with van der Waals surface area (Å²) in [6, 6.07) is 14.7. The number of hydrogen-bond donors (Lipinski definition) is 2. The maximum atomic E-state index is 12.3. The van der Waals surface area contributed by atoms with Gasteiger partial charge in [0.15, 0.2) is 0 Å². The number of hydrogen-bond acceptors (Lipinski definition) is 5. The molecule has 1 aromatic heterocycles. The molecule has 2 aromatic carbocycles. The van der Waals surface area contributed by atoms with Crippen molar-refractivity contribution in [3.8, 4) is 5.75 Å². The van der Waals surface area contributed by atoms with Crippen LogP contribution in [0.15, 0.2) is 54.7 Å². The minimum atomic E-state index is -0.925. The molecule has 168 valence electrons. The van der Waals surface area contributed by atoms with Crippen LogP contribution in [0.3, 0.4) is 0 Å². The van der Waals surface area contributed by atoms with Crippen LogP contribution in [0.1, 0.15) is 24.1 Å². The van der Waals surface area contributed by atoms with E-state index in [1.807, 2.05) is 53.4 Å². The fraction of sp³-hybridized carbons (Fsp3) is 0.333. The number of aliphatic carboxylic acids is 1. The van der Waals surface area contributed by atoms with E-state index in [1.54, 1.807) is 18.0 Å². The van der Waals surface area contributed by atoms with Crippen LogP contribution in [-0.2, 0) is 16.1 Å². The molecule has 0 radical (unpaired) electrons. The Hall–Kier alpha value is -3.52. The van der Waals surface area contributed by atoms with Crippen LogP contribution in [0.4, 0.5) is 4.79 Å². The minimum Gasteiger partial charge on any atom is -0.489 e. The number of nitrogens with one attached hydrogen (secondary N) is 1. The van der Waals surface area contributed by atoms with Gasteiger partial charge in [0.05, 0.1) is 6.61 Å². The van der Waals surface area contributed by atoms with Crippen molar-refractivity contribution in [3.63, 3.8) is 0 Å². The van der Waals surface area contributed by atoms with Crippen molar-refractivity contribution in [2.24, 2.45) is 0 Å². The Morgan fingerprint density at radius 3 is 2.53 bits per heavy atom. The van der Waals surface area contributed by atoms with Gasteiger partial charge in [-0.15, -0.1) is 0 Å². The second-order valence-corrected chi connectivity index (χ2v) is 7.69. The molecule has 2 heterocycles. The second-order valence-electron chi connectivity index (χ2n) is 7.69. The van der Waals surface area contributed by atoms with Gasteiger partial charge in [-0.3, -0.25) is 9.69 Å². The number of H-pyrrole nitrogens is 1. The van der Waals surface area contributed by atoms with Gasteiger partial charge in [-0.05, 0) is 30.7 Å². The van der Waals surface area contributed by atoms with Crippen molar-refractivity contribution in [1.29, 1.82) is 0 Å². The topological polar surface area (TPSA) is 95.1 Å². The number of amides is 1. The lowest BCUT2D eigenvalue weighted by Crippen LogP contribution is -2.51. The van der Waals surface area contributed by atoms with Gasteiger partial charge in [0.1, 0.15) is 18.4 Å². The average molecular weight is 437 g/mol. The van der Waals surface area contributed by atoms with E-state index in [1.165, 1.54) is 0 Å². The summed E-state index contributed by atoms with van der Waals surface area (Å²) < 4.78 is 11.0. The Balaban J connectivity index is 1.52. The van der Waals surface area contributed by atoms with Gasteiger partial charge in [0, 0.05) is 48.8 Å². The minimum absolute atomic E-state index is 0.320. The molecule has 0 aliphatic carbocycles. The molecule has 8 nitrogen and oxygen atoms in total. The molecular formula is C24H27N3O5. The number of ether oxygens (including phenoxy) is 2. The third-order valence-corrected chi connectivity index (χ3v) is 5.67. The first-order valence-corrected chi connectivity index (χ1v) is 10.7. The fourth-order valence-corrected chi connectivity index (χ4v) is 4.04. The maximum absolute atomic E-state index is 12.3. The van der Waals surface area contributed by atoms with Crippen molar-refractivity contribution < 1.29 is 24.2 Å². The summed E-state index contributed by atoms with van der Waals surface area (Å²) >= 11 is 0. The monoisotopic (exact) mass is 437 g/mol. The largest absolute Gasteiger partial charge is 0.489 e. The highest BCUT2D eigenvalue weighted by molar-refractivity contribution is 5.90. The predicted molar refractivity (Wildman–Crippen MR) is 120 cm³/mol. The normalized spacial score (nSPS) is 15.5. The third-order valence-electron chi connectivity index (χ3n) is 5.67. The summed E-state index contributed by atoms with van der Waals surface area (Å²) in [5.74, 6) is -0.246. The summed E-state index contributed by atoms with van der Waals surface area (Å²) in [7, 11) is 0. The Kier molecular flexibility index (Phi) is 6.61. The molecular weight excluding hydrogens is 410 g/mol. The molecule has 1 atom stereocenters. The number of carbonyl (C=O) groups excluding carboxylic acids is 1. The van der Waals surface area contributed by atoms with E-state index in [2.05, 4.69) is 4.98 Å². The van der Waals surface area contributed by atoms with Crippen LogP contribution in [0.25, 0.3) is 10.9 Å². The molecule has 32 heavy (non-hydrogen) atoms. The second kappa shape index (κ2) is 9.74. The number of nitrogens with zero attached hydrogens (tertiary/aromatic N) is 2. The zero-order chi connectivity index (χ0) is 22.5. The third kappa shape index (κ3) is 4.70.